The summed E-state index contributed by atoms with van der Waals surface area (Å²) in [5, 5.41) is 11.4. The number of carbonyl (C=O) groups is 1. The maximum absolute atomic E-state index is 11.4. The van der Waals surface area contributed by atoms with Crippen LogP contribution >= 0.6 is 11.3 Å². The molecule has 2 rings (SSSR count). The number of rotatable bonds is 5. The van der Waals surface area contributed by atoms with Crippen molar-refractivity contribution in [2.24, 2.45) is 0 Å². The molecule has 17 heavy (non-hydrogen) atoms. The fourth-order valence-corrected chi connectivity index (χ4v) is 3.24. The Kier molecular flexibility index (Phi) is 3.97. The lowest BCUT2D eigenvalue weighted by Crippen LogP contribution is -2.39. The number of unbranched alkanes of at least 4 members (excludes halogenated alkanes) is 1. The van der Waals surface area contributed by atoms with Crippen molar-refractivity contribution in [3.8, 4) is 0 Å². The van der Waals surface area contributed by atoms with Crippen LogP contribution in [0.25, 0.3) is 0 Å². The molecule has 1 atom stereocenters. The Labute approximate surface area is 105 Å². The molecular formula is C13H17NO2S. The van der Waals surface area contributed by atoms with E-state index in [2.05, 4.69) is 11.5 Å². The van der Waals surface area contributed by atoms with Crippen LogP contribution < -0.4 is 0 Å². The molecule has 0 spiro atoms. The minimum atomic E-state index is -0.733. The fraction of sp³-hybridized carbons (Fsp3) is 0.462. The molecule has 1 aliphatic heterocycles. The molecular weight excluding hydrogens is 234 g/mol. The van der Waals surface area contributed by atoms with Crippen molar-refractivity contribution in [3.63, 3.8) is 0 Å². The molecule has 0 aromatic carbocycles. The molecule has 1 aromatic heterocycles. The summed E-state index contributed by atoms with van der Waals surface area (Å²) in [6, 6.07) is 1.51. The molecule has 2 heterocycles. The van der Waals surface area contributed by atoms with Gasteiger partial charge in [-0.2, -0.15) is 0 Å². The third kappa shape index (κ3) is 2.58. The van der Waals surface area contributed by atoms with Gasteiger partial charge in [0.15, 0.2) is 0 Å². The van der Waals surface area contributed by atoms with E-state index < -0.39 is 12.0 Å². The highest BCUT2D eigenvalue weighted by atomic mass is 32.1. The number of thiophene rings is 1. The van der Waals surface area contributed by atoms with Crippen molar-refractivity contribution in [1.29, 1.82) is 0 Å². The summed E-state index contributed by atoms with van der Waals surface area (Å²) in [4.78, 5) is 14.7. The van der Waals surface area contributed by atoms with Gasteiger partial charge in [0.25, 0.3) is 0 Å². The third-order valence-corrected chi connectivity index (χ3v) is 4.15. The van der Waals surface area contributed by atoms with E-state index in [4.69, 9.17) is 0 Å². The molecule has 1 aliphatic rings. The van der Waals surface area contributed by atoms with E-state index in [1.54, 1.807) is 11.3 Å². The highest BCUT2D eigenvalue weighted by Crippen LogP contribution is 2.33. The number of carboxylic acid groups (broad SMARTS) is 1. The predicted octanol–water partition coefficient (Wildman–Crippen LogP) is 2.70. The number of carboxylic acids is 1. The van der Waals surface area contributed by atoms with Crippen LogP contribution in [0.1, 0.15) is 29.3 Å². The number of aliphatic carboxylic acids is 1. The van der Waals surface area contributed by atoms with Gasteiger partial charge in [-0.05, 0) is 42.8 Å². The average Bonchev–Trinajstić information content (AvgIpc) is 2.76. The van der Waals surface area contributed by atoms with Gasteiger partial charge in [0.2, 0.25) is 0 Å². The maximum Gasteiger partial charge on any atom is 0.325 e. The zero-order valence-electron chi connectivity index (χ0n) is 9.76. The zero-order valence-corrected chi connectivity index (χ0v) is 10.6. The van der Waals surface area contributed by atoms with E-state index >= 15 is 0 Å². The quantitative estimate of drug-likeness (QED) is 0.646. The summed E-state index contributed by atoms with van der Waals surface area (Å²) in [7, 11) is 0. The molecule has 0 amide bonds. The van der Waals surface area contributed by atoms with Crippen LogP contribution in [0, 0.1) is 0 Å². The Bertz CT molecular complexity index is 413. The van der Waals surface area contributed by atoms with Crippen LogP contribution in [0.2, 0.25) is 0 Å². The van der Waals surface area contributed by atoms with Crippen molar-refractivity contribution in [3.05, 3.63) is 34.5 Å². The number of hydrogen-bond donors (Lipinski definition) is 1. The SMILES string of the molecule is C=CCCCN1CCc2sccc2C1C(=O)O. The first kappa shape index (κ1) is 12.3. The van der Waals surface area contributed by atoms with Crippen LogP contribution in [0.3, 0.4) is 0 Å². The number of nitrogens with zero attached hydrogens (tertiary/aromatic N) is 1. The lowest BCUT2D eigenvalue weighted by atomic mass is 9.99. The molecule has 4 heteroatoms. The minimum absolute atomic E-state index is 0.449. The first-order chi connectivity index (χ1) is 8.24. The van der Waals surface area contributed by atoms with Crippen molar-refractivity contribution in [1.82, 2.24) is 4.90 Å². The monoisotopic (exact) mass is 251 g/mol. The summed E-state index contributed by atoms with van der Waals surface area (Å²) in [5.74, 6) is -0.733. The second-order valence-electron chi connectivity index (χ2n) is 4.26. The first-order valence-electron chi connectivity index (χ1n) is 5.88. The van der Waals surface area contributed by atoms with Crippen LogP contribution in [-0.4, -0.2) is 29.1 Å². The number of hydrogen-bond acceptors (Lipinski definition) is 3. The van der Waals surface area contributed by atoms with Crippen molar-refractivity contribution in [2.45, 2.75) is 25.3 Å². The first-order valence-corrected chi connectivity index (χ1v) is 6.76. The zero-order chi connectivity index (χ0) is 12.3. The summed E-state index contributed by atoms with van der Waals surface area (Å²) in [6.45, 7) is 5.37. The largest absolute Gasteiger partial charge is 0.480 e. The van der Waals surface area contributed by atoms with Crippen molar-refractivity contribution in [2.75, 3.05) is 13.1 Å². The van der Waals surface area contributed by atoms with E-state index in [9.17, 15) is 9.90 Å². The lowest BCUT2D eigenvalue weighted by molar-refractivity contribution is -0.144. The molecule has 0 bridgehead atoms. The Morgan fingerprint density at radius 3 is 3.24 bits per heavy atom. The Balaban J connectivity index is 2.13. The fourth-order valence-electron chi connectivity index (χ4n) is 2.34. The van der Waals surface area contributed by atoms with Gasteiger partial charge in [-0.15, -0.1) is 17.9 Å². The van der Waals surface area contributed by atoms with E-state index in [0.29, 0.717) is 0 Å². The highest BCUT2D eigenvalue weighted by Gasteiger charge is 2.32. The molecule has 0 fully saturated rings. The van der Waals surface area contributed by atoms with Gasteiger partial charge in [0.1, 0.15) is 6.04 Å². The van der Waals surface area contributed by atoms with Crippen molar-refractivity contribution < 1.29 is 9.90 Å². The summed E-state index contributed by atoms with van der Waals surface area (Å²) in [5.41, 5.74) is 0.993. The smallest absolute Gasteiger partial charge is 0.325 e. The van der Waals surface area contributed by atoms with Gasteiger partial charge in [-0.3, -0.25) is 9.69 Å². The molecule has 1 unspecified atom stereocenters. The van der Waals surface area contributed by atoms with E-state index in [1.165, 1.54) is 4.88 Å². The van der Waals surface area contributed by atoms with Gasteiger partial charge in [-0.25, -0.2) is 0 Å². The molecule has 92 valence electrons. The van der Waals surface area contributed by atoms with Crippen LogP contribution in [0.4, 0.5) is 0 Å². The highest BCUT2D eigenvalue weighted by molar-refractivity contribution is 7.10. The summed E-state index contributed by atoms with van der Waals surface area (Å²) >= 11 is 1.67. The number of fused-ring (bicyclic) bond motifs is 1. The van der Waals surface area contributed by atoms with Gasteiger partial charge in [0, 0.05) is 11.4 Å². The van der Waals surface area contributed by atoms with Gasteiger partial charge in [-0.1, -0.05) is 6.08 Å². The van der Waals surface area contributed by atoms with E-state index in [1.807, 2.05) is 17.5 Å². The van der Waals surface area contributed by atoms with Crippen molar-refractivity contribution >= 4 is 17.3 Å². The predicted molar refractivity (Wildman–Crippen MR) is 69.4 cm³/mol. The molecule has 0 saturated heterocycles. The third-order valence-electron chi connectivity index (χ3n) is 3.15. The molecule has 1 aromatic rings. The van der Waals surface area contributed by atoms with Gasteiger partial charge >= 0.3 is 5.97 Å². The van der Waals surface area contributed by atoms with Crippen LogP contribution in [0.5, 0.6) is 0 Å². The molecule has 0 aliphatic carbocycles. The molecule has 0 saturated carbocycles. The Morgan fingerprint density at radius 1 is 1.71 bits per heavy atom. The second-order valence-corrected chi connectivity index (χ2v) is 5.26. The van der Waals surface area contributed by atoms with Crippen LogP contribution in [0.15, 0.2) is 24.1 Å². The van der Waals surface area contributed by atoms with Crippen LogP contribution in [-0.2, 0) is 11.2 Å². The second kappa shape index (κ2) is 5.47. The van der Waals surface area contributed by atoms with Gasteiger partial charge in [0.05, 0.1) is 0 Å². The molecule has 0 radical (unpaired) electrons. The topological polar surface area (TPSA) is 40.5 Å². The maximum atomic E-state index is 11.4. The Morgan fingerprint density at radius 2 is 2.53 bits per heavy atom. The Hall–Kier alpha value is -1.13. The number of allylic oxidation sites excluding steroid dienone is 1. The average molecular weight is 251 g/mol. The summed E-state index contributed by atoms with van der Waals surface area (Å²) in [6.07, 6.45) is 4.78. The summed E-state index contributed by atoms with van der Waals surface area (Å²) < 4.78 is 0. The molecule has 1 N–H and O–H groups in total. The van der Waals surface area contributed by atoms with E-state index in [-0.39, 0.29) is 0 Å². The lowest BCUT2D eigenvalue weighted by Gasteiger charge is -2.32. The standard InChI is InChI=1S/C13H17NO2S/c1-2-3-4-7-14-8-5-11-10(6-9-17-11)12(14)13(15)16/h2,6,9,12H,1,3-5,7-8H2,(H,15,16). The van der Waals surface area contributed by atoms with E-state index in [0.717, 1.165) is 37.9 Å². The normalized spacial score (nSPS) is 19.9. The minimum Gasteiger partial charge on any atom is -0.480 e. The van der Waals surface area contributed by atoms with Gasteiger partial charge < -0.3 is 5.11 Å². The molecule has 3 nitrogen and oxygen atoms in total.